The zero-order valence-electron chi connectivity index (χ0n) is 9.50. The number of hydrogen-bond acceptors (Lipinski definition) is 1. The molecule has 1 nitrogen and oxygen atoms in total. The molecule has 0 spiro atoms. The number of nitrogens with one attached hydrogen (secondary N) is 1. The lowest BCUT2D eigenvalue weighted by molar-refractivity contribution is 1.14. The zero-order valence-corrected chi connectivity index (χ0v) is 12.7. The monoisotopic (exact) mass is 353 g/mol. The maximum absolute atomic E-state index is 3.56. The second-order valence-electron chi connectivity index (χ2n) is 3.96. The number of benzene rings is 2. The molecule has 0 fully saturated rings. The molecule has 2 rings (SSSR count). The molecular weight excluding hydrogens is 342 g/mol. The lowest BCUT2D eigenvalue weighted by Gasteiger charge is -2.09. The fourth-order valence-corrected chi connectivity index (χ4v) is 2.46. The molecule has 2 aromatic carbocycles. The van der Waals surface area contributed by atoms with Crippen molar-refractivity contribution < 1.29 is 0 Å². The van der Waals surface area contributed by atoms with Gasteiger partial charge >= 0.3 is 0 Å². The lowest BCUT2D eigenvalue weighted by atomic mass is 10.2. The highest BCUT2D eigenvalue weighted by molar-refractivity contribution is 9.10. The summed E-state index contributed by atoms with van der Waals surface area (Å²) < 4.78 is 2.22. The summed E-state index contributed by atoms with van der Waals surface area (Å²) in [7, 11) is 0. The van der Waals surface area contributed by atoms with Crippen LogP contribution in [0.15, 0.2) is 51.4 Å². The third-order valence-corrected chi connectivity index (χ3v) is 3.71. The zero-order chi connectivity index (χ0) is 12.3. The molecule has 0 atom stereocenters. The SMILES string of the molecule is Cc1ccc(NCc2ccc(Br)cc2)c(Br)c1. The molecule has 1 N–H and O–H groups in total. The summed E-state index contributed by atoms with van der Waals surface area (Å²) in [5.74, 6) is 0. The number of halogens is 2. The first-order valence-corrected chi connectivity index (χ1v) is 6.98. The molecule has 88 valence electrons. The average molecular weight is 355 g/mol. The molecule has 0 amide bonds. The van der Waals surface area contributed by atoms with E-state index in [1.807, 2.05) is 0 Å². The van der Waals surface area contributed by atoms with E-state index in [0.717, 1.165) is 21.2 Å². The fraction of sp³-hybridized carbons (Fsp3) is 0.143. The Kier molecular flexibility index (Phi) is 4.24. The van der Waals surface area contributed by atoms with Crippen LogP contribution in [0, 0.1) is 6.92 Å². The molecule has 0 aromatic heterocycles. The van der Waals surface area contributed by atoms with E-state index in [-0.39, 0.29) is 0 Å². The van der Waals surface area contributed by atoms with Crippen molar-refractivity contribution >= 4 is 37.5 Å². The molecule has 0 aliphatic heterocycles. The van der Waals surface area contributed by atoms with Crippen molar-refractivity contribution in [2.45, 2.75) is 13.5 Å². The van der Waals surface area contributed by atoms with Crippen LogP contribution in [0.3, 0.4) is 0 Å². The fourth-order valence-electron chi connectivity index (χ4n) is 1.56. The summed E-state index contributed by atoms with van der Waals surface area (Å²) in [5, 5.41) is 3.41. The van der Waals surface area contributed by atoms with Crippen LogP contribution in [0.2, 0.25) is 0 Å². The van der Waals surface area contributed by atoms with Gasteiger partial charge in [-0.05, 0) is 58.2 Å². The van der Waals surface area contributed by atoms with Gasteiger partial charge in [-0.2, -0.15) is 0 Å². The Bertz CT molecular complexity index is 506. The third kappa shape index (κ3) is 3.58. The molecule has 2 aromatic rings. The Labute approximate surface area is 119 Å². The molecule has 3 heteroatoms. The molecule has 0 aliphatic carbocycles. The van der Waals surface area contributed by atoms with E-state index in [4.69, 9.17) is 0 Å². The van der Waals surface area contributed by atoms with E-state index in [0.29, 0.717) is 0 Å². The van der Waals surface area contributed by atoms with Gasteiger partial charge in [0.2, 0.25) is 0 Å². The summed E-state index contributed by atoms with van der Waals surface area (Å²) in [6, 6.07) is 14.7. The Morgan fingerprint density at radius 3 is 2.35 bits per heavy atom. The molecular formula is C14H13Br2N. The largest absolute Gasteiger partial charge is 0.380 e. The maximum atomic E-state index is 3.56. The van der Waals surface area contributed by atoms with Gasteiger partial charge in [0.25, 0.3) is 0 Å². The van der Waals surface area contributed by atoms with Crippen LogP contribution in [0.1, 0.15) is 11.1 Å². The first-order valence-electron chi connectivity index (χ1n) is 5.39. The standard InChI is InChI=1S/C14H13Br2N/c1-10-2-7-14(13(16)8-10)17-9-11-3-5-12(15)6-4-11/h2-8,17H,9H2,1H3. The van der Waals surface area contributed by atoms with Crippen molar-refractivity contribution in [3.63, 3.8) is 0 Å². The molecule has 0 heterocycles. The van der Waals surface area contributed by atoms with Gasteiger partial charge in [0.1, 0.15) is 0 Å². The van der Waals surface area contributed by atoms with E-state index in [1.165, 1.54) is 11.1 Å². The van der Waals surface area contributed by atoms with Crippen molar-refractivity contribution in [1.29, 1.82) is 0 Å². The summed E-state index contributed by atoms with van der Waals surface area (Å²) in [6.45, 7) is 2.91. The molecule has 17 heavy (non-hydrogen) atoms. The first kappa shape index (κ1) is 12.7. The highest BCUT2D eigenvalue weighted by Crippen LogP contribution is 2.24. The van der Waals surface area contributed by atoms with Crippen molar-refractivity contribution in [1.82, 2.24) is 0 Å². The average Bonchev–Trinajstić information content (AvgIpc) is 2.30. The number of hydrogen-bond donors (Lipinski definition) is 1. The minimum Gasteiger partial charge on any atom is -0.380 e. The van der Waals surface area contributed by atoms with Gasteiger partial charge in [-0.1, -0.05) is 34.1 Å². The molecule has 0 saturated heterocycles. The maximum Gasteiger partial charge on any atom is 0.0487 e. The Morgan fingerprint density at radius 2 is 1.71 bits per heavy atom. The van der Waals surface area contributed by atoms with Crippen LogP contribution >= 0.6 is 31.9 Å². The third-order valence-electron chi connectivity index (χ3n) is 2.52. The van der Waals surface area contributed by atoms with Crippen molar-refractivity contribution in [3.05, 3.63) is 62.5 Å². The van der Waals surface area contributed by atoms with Gasteiger partial charge in [0.15, 0.2) is 0 Å². The topological polar surface area (TPSA) is 12.0 Å². The molecule has 0 saturated carbocycles. The van der Waals surface area contributed by atoms with E-state index >= 15 is 0 Å². The Balaban J connectivity index is 2.04. The van der Waals surface area contributed by atoms with Crippen molar-refractivity contribution in [2.75, 3.05) is 5.32 Å². The van der Waals surface area contributed by atoms with E-state index < -0.39 is 0 Å². The predicted molar refractivity (Wildman–Crippen MR) is 80.3 cm³/mol. The molecule has 0 aliphatic rings. The Hall–Kier alpha value is -0.800. The summed E-state index contributed by atoms with van der Waals surface area (Å²) in [6.07, 6.45) is 0. The van der Waals surface area contributed by atoms with Crippen LogP contribution in [-0.4, -0.2) is 0 Å². The highest BCUT2D eigenvalue weighted by Gasteiger charge is 1.99. The first-order chi connectivity index (χ1) is 8.15. The lowest BCUT2D eigenvalue weighted by Crippen LogP contribution is -1.99. The predicted octanol–water partition coefficient (Wildman–Crippen LogP) is 5.13. The second kappa shape index (κ2) is 5.69. The number of anilines is 1. The van der Waals surface area contributed by atoms with Gasteiger partial charge in [-0.15, -0.1) is 0 Å². The highest BCUT2D eigenvalue weighted by atomic mass is 79.9. The van der Waals surface area contributed by atoms with E-state index in [2.05, 4.69) is 86.6 Å². The molecule has 0 unspecified atom stereocenters. The Morgan fingerprint density at radius 1 is 1.00 bits per heavy atom. The van der Waals surface area contributed by atoms with Crippen LogP contribution in [-0.2, 0) is 6.54 Å². The summed E-state index contributed by atoms with van der Waals surface area (Å²) in [4.78, 5) is 0. The van der Waals surface area contributed by atoms with Gasteiger partial charge in [0, 0.05) is 21.2 Å². The number of rotatable bonds is 3. The molecule has 0 bridgehead atoms. The van der Waals surface area contributed by atoms with Crippen LogP contribution in [0.25, 0.3) is 0 Å². The van der Waals surface area contributed by atoms with Gasteiger partial charge in [-0.25, -0.2) is 0 Å². The second-order valence-corrected chi connectivity index (χ2v) is 5.73. The molecule has 0 radical (unpaired) electrons. The smallest absolute Gasteiger partial charge is 0.0487 e. The number of aryl methyl sites for hydroxylation is 1. The minimum atomic E-state index is 0.828. The van der Waals surface area contributed by atoms with Gasteiger partial charge in [-0.3, -0.25) is 0 Å². The van der Waals surface area contributed by atoms with E-state index in [1.54, 1.807) is 0 Å². The minimum absolute atomic E-state index is 0.828. The summed E-state index contributed by atoms with van der Waals surface area (Å²) in [5.41, 5.74) is 3.64. The van der Waals surface area contributed by atoms with Gasteiger partial charge in [0.05, 0.1) is 0 Å². The quantitative estimate of drug-likeness (QED) is 0.805. The van der Waals surface area contributed by atoms with Crippen LogP contribution < -0.4 is 5.32 Å². The summed E-state index contributed by atoms with van der Waals surface area (Å²) >= 11 is 7.00. The normalized spacial score (nSPS) is 10.3. The van der Waals surface area contributed by atoms with Crippen molar-refractivity contribution in [3.8, 4) is 0 Å². The van der Waals surface area contributed by atoms with Crippen LogP contribution in [0.4, 0.5) is 5.69 Å². The van der Waals surface area contributed by atoms with Gasteiger partial charge < -0.3 is 5.32 Å². The van der Waals surface area contributed by atoms with Crippen molar-refractivity contribution in [2.24, 2.45) is 0 Å². The van der Waals surface area contributed by atoms with Crippen LogP contribution in [0.5, 0.6) is 0 Å². The van der Waals surface area contributed by atoms with E-state index in [9.17, 15) is 0 Å².